The molecule has 0 heterocycles. The zero-order valence-electron chi connectivity index (χ0n) is 10.8. The lowest BCUT2D eigenvalue weighted by molar-refractivity contribution is 0.503. The van der Waals surface area contributed by atoms with Crippen molar-refractivity contribution in [1.29, 1.82) is 0 Å². The Bertz CT molecular complexity index is 293. The molecule has 0 nitrogen and oxygen atoms in total. The van der Waals surface area contributed by atoms with Crippen LogP contribution in [0.2, 0.25) is 25.7 Å². The molecule has 0 aliphatic rings. The van der Waals surface area contributed by atoms with E-state index in [1.54, 1.807) is 0 Å². The molecule has 1 heteroatoms. The summed E-state index contributed by atoms with van der Waals surface area (Å²) < 4.78 is 0. The van der Waals surface area contributed by atoms with Crippen LogP contribution in [0, 0.1) is 0 Å². The van der Waals surface area contributed by atoms with Gasteiger partial charge in [0, 0.05) is 8.07 Å². The fraction of sp³-hybridized carbons (Fsp3) is 0.571. The van der Waals surface area contributed by atoms with E-state index in [-0.39, 0.29) is 0 Å². The van der Waals surface area contributed by atoms with Crippen molar-refractivity contribution in [1.82, 2.24) is 0 Å². The Morgan fingerprint density at radius 2 is 1.53 bits per heavy atom. The summed E-state index contributed by atoms with van der Waals surface area (Å²) in [6, 6.07) is 12.3. The topological polar surface area (TPSA) is 0 Å². The molecule has 0 spiro atoms. The lowest BCUT2D eigenvalue weighted by Crippen LogP contribution is -2.25. The summed E-state index contributed by atoms with van der Waals surface area (Å²) in [4.78, 5) is 0. The zero-order valence-corrected chi connectivity index (χ0v) is 11.8. The maximum Gasteiger partial charge on any atom is 0.0443 e. The van der Waals surface area contributed by atoms with Crippen LogP contribution < -0.4 is 0 Å². The largest absolute Gasteiger partial charge is 0.0695 e. The predicted molar refractivity (Wildman–Crippen MR) is 72.2 cm³/mol. The van der Waals surface area contributed by atoms with Gasteiger partial charge in [-0.2, -0.15) is 0 Å². The summed E-state index contributed by atoms with van der Waals surface area (Å²) in [5, 5.41) is 0. The Balaban J connectivity index is 2.68. The highest BCUT2D eigenvalue weighted by Gasteiger charge is 2.23. The minimum atomic E-state index is -0.900. The first-order chi connectivity index (χ1) is 6.81. The molecule has 1 aromatic rings. The number of hydrogen-bond acceptors (Lipinski definition) is 0. The van der Waals surface area contributed by atoms with Crippen molar-refractivity contribution < 1.29 is 0 Å². The smallest absolute Gasteiger partial charge is 0.0443 e. The number of benzene rings is 1. The molecule has 15 heavy (non-hydrogen) atoms. The molecule has 0 saturated heterocycles. The minimum Gasteiger partial charge on any atom is -0.0695 e. The van der Waals surface area contributed by atoms with Crippen LogP contribution in [0.5, 0.6) is 0 Å². The minimum absolute atomic E-state index is 0.335. The van der Waals surface area contributed by atoms with E-state index < -0.39 is 8.07 Å². The highest BCUT2D eigenvalue weighted by Crippen LogP contribution is 2.30. The first kappa shape index (κ1) is 12.5. The van der Waals surface area contributed by atoms with Gasteiger partial charge in [-0.1, -0.05) is 69.9 Å². The Morgan fingerprint density at radius 3 is 2.00 bits per heavy atom. The first-order valence-electron chi connectivity index (χ1n) is 5.87. The highest BCUT2D eigenvalue weighted by atomic mass is 28.3. The second-order valence-electron chi connectivity index (χ2n) is 6.31. The summed E-state index contributed by atoms with van der Waals surface area (Å²) in [5.41, 5.74) is 1.81. The quantitative estimate of drug-likeness (QED) is 0.646. The molecule has 0 aromatic heterocycles. The van der Waals surface area contributed by atoms with Gasteiger partial charge in [0.15, 0.2) is 0 Å². The molecule has 0 aliphatic heterocycles. The fourth-order valence-corrected chi connectivity index (χ4v) is 3.10. The average molecular weight is 220 g/mol. The van der Waals surface area contributed by atoms with Crippen molar-refractivity contribution >= 4 is 8.07 Å². The number of rotatable bonds is 4. The van der Waals surface area contributed by atoms with Gasteiger partial charge in [0.1, 0.15) is 0 Å². The molecule has 0 atom stereocenters. The molecule has 0 aliphatic carbocycles. The third-order valence-electron chi connectivity index (χ3n) is 3.06. The zero-order chi connectivity index (χ0) is 11.5. The lowest BCUT2D eigenvalue weighted by Gasteiger charge is -2.28. The van der Waals surface area contributed by atoms with E-state index in [0.717, 1.165) is 0 Å². The second kappa shape index (κ2) is 4.52. The molecule has 0 fully saturated rings. The van der Waals surface area contributed by atoms with E-state index in [1.165, 1.54) is 18.0 Å². The molecular formula is C14H24Si. The van der Waals surface area contributed by atoms with Crippen molar-refractivity contribution in [2.24, 2.45) is 0 Å². The third kappa shape index (κ3) is 4.21. The van der Waals surface area contributed by atoms with Crippen molar-refractivity contribution in [2.45, 2.75) is 51.4 Å². The molecule has 0 bridgehead atoms. The molecule has 1 aromatic carbocycles. The van der Waals surface area contributed by atoms with Crippen molar-refractivity contribution in [3.63, 3.8) is 0 Å². The maximum absolute atomic E-state index is 2.45. The molecular weight excluding hydrogens is 196 g/mol. The van der Waals surface area contributed by atoms with E-state index >= 15 is 0 Å². The standard InChI is InChI=1S/C14H24Si/c1-14(2,11-12-15(3,4)5)13-9-7-6-8-10-13/h6-10H,11-12H2,1-5H3. The lowest BCUT2D eigenvalue weighted by atomic mass is 9.82. The molecule has 1 rings (SSSR count). The van der Waals surface area contributed by atoms with Gasteiger partial charge in [0.25, 0.3) is 0 Å². The van der Waals surface area contributed by atoms with E-state index in [0.29, 0.717) is 5.41 Å². The fourth-order valence-electron chi connectivity index (χ4n) is 1.72. The number of hydrogen-bond donors (Lipinski definition) is 0. The molecule has 0 N–H and O–H groups in total. The van der Waals surface area contributed by atoms with Crippen LogP contribution in [-0.2, 0) is 5.41 Å². The average Bonchev–Trinajstić information content (AvgIpc) is 2.16. The molecule has 84 valence electrons. The van der Waals surface area contributed by atoms with E-state index in [4.69, 9.17) is 0 Å². The summed E-state index contributed by atoms with van der Waals surface area (Å²) in [5.74, 6) is 0. The van der Waals surface area contributed by atoms with E-state index in [1.807, 2.05) is 0 Å². The summed E-state index contributed by atoms with van der Waals surface area (Å²) in [6.07, 6.45) is 1.31. The van der Waals surface area contributed by atoms with Crippen LogP contribution in [0.3, 0.4) is 0 Å². The van der Waals surface area contributed by atoms with Crippen LogP contribution in [0.15, 0.2) is 30.3 Å². The van der Waals surface area contributed by atoms with Gasteiger partial charge < -0.3 is 0 Å². The Labute approximate surface area is 95.7 Å². The van der Waals surface area contributed by atoms with E-state index in [2.05, 4.69) is 63.8 Å². The van der Waals surface area contributed by atoms with Gasteiger partial charge in [0.05, 0.1) is 0 Å². The van der Waals surface area contributed by atoms with Crippen molar-refractivity contribution in [3.8, 4) is 0 Å². The van der Waals surface area contributed by atoms with Crippen LogP contribution in [0.25, 0.3) is 0 Å². The summed E-state index contributed by atoms with van der Waals surface area (Å²) >= 11 is 0. The van der Waals surface area contributed by atoms with Crippen molar-refractivity contribution in [3.05, 3.63) is 35.9 Å². The monoisotopic (exact) mass is 220 g/mol. The molecule has 0 radical (unpaired) electrons. The van der Waals surface area contributed by atoms with Gasteiger partial charge >= 0.3 is 0 Å². The summed E-state index contributed by atoms with van der Waals surface area (Å²) in [6.45, 7) is 12.1. The predicted octanol–water partition coefficient (Wildman–Crippen LogP) is 4.69. The molecule has 0 unspecified atom stereocenters. The second-order valence-corrected chi connectivity index (χ2v) is 11.9. The van der Waals surface area contributed by atoms with Crippen LogP contribution in [-0.4, -0.2) is 8.07 Å². The van der Waals surface area contributed by atoms with E-state index in [9.17, 15) is 0 Å². The highest BCUT2D eigenvalue weighted by molar-refractivity contribution is 6.76. The van der Waals surface area contributed by atoms with Crippen LogP contribution >= 0.6 is 0 Å². The SMILES string of the molecule is CC(C)(CC[Si](C)(C)C)c1ccccc1. The molecule has 0 amide bonds. The van der Waals surface area contributed by atoms with Gasteiger partial charge in [-0.15, -0.1) is 0 Å². The first-order valence-corrected chi connectivity index (χ1v) is 9.57. The Hall–Kier alpha value is -0.563. The van der Waals surface area contributed by atoms with Crippen LogP contribution in [0.1, 0.15) is 25.8 Å². The van der Waals surface area contributed by atoms with Crippen molar-refractivity contribution in [2.75, 3.05) is 0 Å². The van der Waals surface area contributed by atoms with Gasteiger partial charge in [-0.3, -0.25) is 0 Å². The summed E-state index contributed by atoms with van der Waals surface area (Å²) in [7, 11) is -0.900. The Morgan fingerprint density at radius 1 is 1.00 bits per heavy atom. The maximum atomic E-state index is 2.45. The van der Waals surface area contributed by atoms with Crippen LogP contribution in [0.4, 0.5) is 0 Å². The van der Waals surface area contributed by atoms with Gasteiger partial charge in [-0.05, 0) is 17.4 Å². The molecule has 0 saturated carbocycles. The van der Waals surface area contributed by atoms with Gasteiger partial charge in [0.2, 0.25) is 0 Å². The normalized spacial score (nSPS) is 12.9. The Kier molecular flexibility index (Phi) is 3.77. The van der Waals surface area contributed by atoms with Gasteiger partial charge in [-0.25, -0.2) is 0 Å². The third-order valence-corrected chi connectivity index (χ3v) is 4.81.